The Morgan fingerprint density at radius 3 is 2.52 bits per heavy atom. The summed E-state index contributed by atoms with van der Waals surface area (Å²) in [5, 5.41) is 3.29. The van der Waals surface area contributed by atoms with E-state index in [0.717, 1.165) is 51.9 Å². The van der Waals surface area contributed by atoms with Gasteiger partial charge in [0.2, 0.25) is 0 Å². The van der Waals surface area contributed by atoms with Crippen LogP contribution in [0.15, 0.2) is 12.1 Å². The van der Waals surface area contributed by atoms with Gasteiger partial charge in [-0.3, -0.25) is 4.90 Å². The number of ether oxygens (including phenoxy) is 1. The molecule has 0 bridgehead atoms. The molecule has 0 saturated carbocycles. The van der Waals surface area contributed by atoms with Crippen LogP contribution >= 0.6 is 12.4 Å². The van der Waals surface area contributed by atoms with E-state index in [1.165, 1.54) is 19.2 Å². The van der Waals surface area contributed by atoms with Gasteiger partial charge in [-0.15, -0.1) is 12.4 Å². The van der Waals surface area contributed by atoms with Gasteiger partial charge >= 0.3 is 0 Å². The van der Waals surface area contributed by atoms with Gasteiger partial charge in [0.15, 0.2) is 11.6 Å². The number of piperazine rings is 1. The lowest BCUT2D eigenvalue weighted by molar-refractivity contribution is 0.155. The number of halogens is 3. The Bertz CT molecular complexity index is 482. The van der Waals surface area contributed by atoms with Crippen molar-refractivity contribution in [1.29, 1.82) is 0 Å². The van der Waals surface area contributed by atoms with Gasteiger partial charge in [-0.2, -0.15) is 0 Å². The van der Waals surface area contributed by atoms with Crippen LogP contribution in [0.1, 0.15) is 44.2 Å². The maximum atomic E-state index is 14.6. The summed E-state index contributed by atoms with van der Waals surface area (Å²) in [6, 6.07) is 2.45. The Kier molecular flexibility index (Phi) is 8.81. The van der Waals surface area contributed by atoms with E-state index in [0.29, 0.717) is 0 Å². The number of nitrogens with one attached hydrogen (secondary N) is 1. The second-order valence-corrected chi connectivity index (χ2v) is 5.77. The maximum absolute atomic E-state index is 14.6. The molecule has 1 aromatic carbocycles. The van der Waals surface area contributed by atoms with Crippen LogP contribution in [0.3, 0.4) is 0 Å². The zero-order valence-electron chi connectivity index (χ0n) is 13.9. The van der Waals surface area contributed by atoms with E-state index in [1.54, 1.807) is 0 Å². The third-order valence-electron chi connectivity index (χ3n) is 4.32. The van der Waals surface area contributed by atoms with Gasteiger partial charge in [-0.05, 0) is 18.6 Å². The number of hydrogen-bond acceptors (Lipinski definition) is 3. The van der Waals surface area contributed by atoms with Crippen molar-refractivity contribution in [3.8, 4) is 5.75 Å². The van der Waals surface area contributed by atoms with Crippen LogP contribution in [-0.4, -0.2) is 38.2 Å². The number of methoxy groups -OCH3 is 1. The number of nitrogens with zero attached hydrogens (tertiary/aromatic N) is 1. The van der Waals surface area contributed by atoms with Crippen LogP contribution in [0.25, 0.3) is 0 Å². The number of rotatable bonds is 7. The Morgan fingerprint density at radius 2 is 1.91 bits per heavy atom. The summed E-state index contributed by atoms with van der Waals surface area (Å²) in [7, 11) is 1.41. The lowest BCUT2D eigenvalue weighted by atomic mass is 9.96. The van der Waals surface area contributed by atoms with Crippen molar-refractivity contribution in [3.63, 3.8) is 0 Å². The van der Waals surface area contributed by atoms with E-state index in [1.807, 2.05) is 0 Å². The van der Waals surface area contributed by atoms with Crippen molar-refractivity contribution in [1.82, 2.24) is 10.2 Å². The zero-order valence-corrected chi connectivity index (χ0v) is 14.7. The van der Waals surface area contributed by atoms with Gasteiger partial charge in [0, 0.05) is 37.8 Å². The highest BCUT2D eigenvalue weighted by molar-refractivity contribution is 5.85. The van der Waals surface area contributed by atoms with Crippen molar-refractivity contribution >= 4 is 12.4 Å². The first-order chi connectivity index (χ1) is 10.7. The predicted octanol–water partition coefficient (Wildman–Crippen LogP) is 3.92. The molecule has 0 amide bonds. The maximum Gasteiger partial charge on any atom is 0.172 e. The molecule has 1 aliphatic rings. The molecule has 1 atom stereocenters. The summed E-state index contributed by atoms with van der Waals surface area (Å²) in [6.45, 7) is 5.47. The smallest absolute Gasteiger partial charge is 0.172 e. The predicted molar refractivity (Wildman–Crippen MR) is 91.5 cm³/mol. The SMILES string of the molecule is CCCCC[C@H](c1c(F)ccc(OC)c1F)N1CCNCC1.Cl. The van der Waals surface area contributed by atoms with Crippen LogP contribution in [0.4, 0.5) is 8.78 Å². The molecule has 0 radical (unpaired) electrons. The summed E-state index contributed by atoms with van der Waals surface area (Å²) in [5.41, 5.74) is 0.164. The van der Waals surface area contributed by atoms with Crippen molar-refractivity contribution in [3.05, 3.63) is 29.3 Å². The fraction of sp³-hybridized carbons (Fsp3) is 0.647. The van der Waals surface area contributed by atoms with Gasteiger partial charge < -0.3 is 10.1 Å². The molecule has 0 unspecified atom stereocenters. The Balaban J connectivity index is 0.00000264. The topological polar surface area (TPSA) is 24.5 Å². The van der Waals surface area contributed by atoms with Gasteiger partial charge in [-0.1, -0.05) is 26.2 Å². The third kappa shape index (κ3) is 5.03. The number of unbranched alkanes of at least 4 members (excludes halogenated alkanes) is 2. The Labute approximate surface area is 143 Å². The van der Waals surface area contributed by atoms with E-state index >= 15 is 0 Å². The molecule has 0 spiro atoms. The van der Waals surface area contributed by atoms with E-state index in [2.05, 4.69) is 17.1 Å². The number of hydrogen-bond donors (Lipinski definition) is 1. The van der Waals surface area contributed by atoms with Crippen LogP contribution in [-0.2, 0) is 0 Å². The van der Waals surface area contributed by atoms with Gasteiger partial charge in [0.25, 0.3) is 0 Å². The Morgan fingerprint density at radius 1 is 1.22 bits per heavy atom. The molecule has 6 heteroatoms. The first kappa shape index (κ1) is 20.1. The van der Waals surface area contributed by atoms with Crippen molar-refractivity contribution in [2.24, 2.45) is 0 Å². The molecular formula is C17H27ClF2N2O. The minimum Gasteiger partial charge on any atom is -0.494 e. The van der Waals surface area contributed by atoms with Gasteiger partial charge in [0.05, 0.1) is 7.11 Å². The lowest BCUT2D eigenvalue weighted by Gasteiger charge is -2.35. The monoisotopic (exact) mass is 348 g/mol. The highest BCUT2D eigenvalue weighted by atomic mass is 35.5. The quantitative estimate of drug-likeness (QED) is 0.756. The molecule has 1 fully saturated rings. The van der Waals surface area contributed by atoms with E-state index in [4.69, 9.17) is 4.74 Å². The first-order valence-corrected chi connectivity index (χ1v) is 8.15. The molecule has 2 rings (SSSR count). The molecule has 0 aliphatic carbocycles. The highest BCUT2D eigenvalue weighted by Crippen LogP contribution is 2.34. The summed E-state index contributed by atoms with van der Waals surface area (Å²) in [6.07, 6.45) is 3.92. The second kappa shape index (κ2) is 10.1. The largest absolute Gasteiger partial charge is 0.494 e. The molecule has 1 aromatic rings. The zero-order chi connectivity index (χ0) is 15.9. The van der Waals surface area contributed by atoms with E-state index in [-0.39, 0.29) is 29.8 Å². The fourth-order valence-electron chi connectivity index (χ4n) is 3.10. The van der Waals surface area contributed by atoms with Gasteiger partial charge in [-0.25, -0.2) is 8.78 Å². The molecule has 1 heterocycles. The molecule has 0 aromatic heterocycles. The molecule has 1 saturated heterocycles. The van der Waals surface area contributed by atoms with E-state index in [9.17, 15) is 8.78 Å². The summed E-state index contributed by atoms with van der Waals surface area (Å²) >= 11 is 0. The van der Waals surface area contributed by atoms with Crippen molar-refractivity contribution < 1.29 is 13.5 Å². The molecule has 1 aliphatic heterocycles. The summed E-state index contributed by atoms with van der Waals surface area (Å²) < 4.78 is 34.0. The van der Waals surface area contributed by atoms with Crippen LogP contribution < -0.4 is 10.1 Å². The van der Waals surface area contributed by atoms with Crippen molar-refractivity contribution in [2.45, 2.75) is 38.6 Å². The first-order valence-electron chi connectivity index (χ1n) is 8.15. The second-order valence-electron chi connectivity index (χ2n) is 5.77. The molecule has 1 N–H and O–H groups in total. The fourth-order valence-corrected chi connectivity index (χ4v) is 3.10. The van der Waals surface area contributed by atoms with Crippen LogP contribution in [0, 0.1) is 11.6 Å². The van der Waals surface area contributed by atoms with E-state index < -0.39 is 11.6 Å². The highest BCUT2D eigenvalue weighted by Gasteiger charge is 2.28. The minimum atomic E-state index is -0.553. The molecule has 23 heavy (non-hydrogen) atoms. The van der Waals surface area contributed by atoms with Crippen LogP contribution in [0.2, 0.25) is 0 Å². The minimum absolute atomic E-state index is 0. The molecular weight excluding hydrogens is 322 g/mol. The van der Waals surface area contributed by atoms with Crippen molar-refractivity contribution in [2.75, 3.05) is 33.3 Å². The standard InChI is InChI=1S/C17H26F2N2O.ClH/c1-3-4-5-6-14(21-11-9-20-10-12-21)16-13(18)7-8-15(22-2)17(16)19;/h7-8,14,20H,3-6,9-12H2,1-2H3;1H/t14-;/m1./s1. The average Bonchev–Trinajstić information content (AvgIpc) is 2.54. The third-order valence-corrected chi connectivity index (χ3v) is 4.32. The number of benzene rings is 1. The Hall–Kier alpha value is -0.910. The average molecular weight is 349 g/mol. The lowest BCUT2D eigenvalue weighted by Crippen LogP contribution is -2.45. The van der Waals surface area contributed by atoms with Crippen LogP contribution in [0.5, 0.6) is 5.75 Å². The van der Waals surface area contributed by atoms with Gasteiger partial charge in [0.1, 0.15) is 5.82 Å². The molecule has 132 valence electrons. The normalized spacial score (nSPS) is 16.7. The summed E-state index contributed by atoms with van der Waals surface area (Å²) in [5.74, 6) is -0.909. The molecule has 3 nitrogen and oxygen atoms in total. The summed E-state index contributed by atoms with van der Waals surface area (Å²) in [4.78, 5) is 2.19.